The number of thioether (sulfide) groups is 1. The molecule has 6 nitrogen and oxygen atoms in total. The molecule has 0 spiro atoms. The molecule has 0 atom stereocenters. The van der Waals surface area contributed by atoms with Crippen molar-refractivity contribution in [2.75, 3.05) is 18.8 Å². The number of carbonyl (C=O) groups is 1. The lowest BCUT2D eigenvalue weighted by Crippen LogP contribution is -2.27. The first-order valence-electron chi connectivity index (χ1n) is 10.4. The van der Waals surface area contributed by atoms with E-state index >= 15 is 0 Å². The SMILES string of the molecule is COc1cc(/C=C2/SC(=S)N(c3ccc4c(c3)OCO4)C2=O)cc(Br)c1OCc1ccccc1Cl. The summed E-state index contributed by atoms with van der Waals surface area (Å²) < 4.78 is 23.5. The number of carbonyl (C=O) groups excluding carboxylic acids is 1. The Morgan fingerprint density at radius 2 is 1.97 bits per heavy atom. The fraction of sp³-hybridized carbons (Fsp3) is 0.120. The summed E-state index contributed by atoms with van der Waals surface area (Å²) >= 11 is 16.5. The van der Waals surface area contributed by atoms with Gasteiger partial charge in [0, 0.05) is 16.7 Å². The predicted octanol–water partition coefficient (Wildman–Crippen LogP) is 6.82. The quantitative estimate of drug-likeness (QED) is 0.231. The van der Waals surface area contributed by atoms with E-state index in [9.17, 15) is 4.79 Å². The van der Waals surface area contributed by atoms with E-state index in [0.29, 0.717) is 47.4 Å². The number of hydrogen-bond donors (Lipinski definition) is 0. The highest BCUT2D eigenvalue weighted by molar-refractivity contribution is 9.10. The van der Waals surface area contributed by atoms with E-state index < -0.39 is 0 Å². The summed E-state index contributed by atoms with van der Waals surface area (Å²) in [6, 6.07) is 16.5. The summed E-state index contributed by atoms with van der Waals surface area (Å²) in [6.07, 6.45) is 1.78. The molecule has 3 aromatic rings. The molecule has 2 aliphatic rings. The van der Waals surface area contributed by atoms with Gasteiger partial charge < -0.3 is 18.9 Å². The van der Waals surface area contributed by atoms with Gasteiger partial charge in [-0.05, 0) is 57.9 Å². The van der Waals surface area contributed by atoms with Gasteiger partial charge in [0.1, 0.15) is 6.61 Å². The zero-order chi connectivity index (χ0) is 24.5. The van der Waals surface area contributed by atoms with Crippen molar-refractivity contribution in [3.8, 4) is 23.0 Å². The maximum atomic E-state index is 13.2. The average molecular weight is 591 g/mol. The summed E-state index contributed by atoms with van der Waals surface area (Å²) in [7, 11) is 1.56. The van der Waals surface area contributed by atoms with Gasteiger partial charge in [0.05, 0.1) is 22.2 Å². The number of anilines is 1. The van der Waals surface area contributed by atoms with E-state index in [1.54, 1.807) is 37.5 Å². The maximum Gasteiger partial charge on any atom is 0.270 e. The third kappa shape index (κ3) is 4.86. The molecule has 0 aliphatic carbocycles. The summed E-state index contributed by atoms with van der Waals surface area (Å²) in [5.74, 6) is 2.07. The first-order chi connectivity index (χ1) is 16.9. The van der Waals surface area contributed by atoms with Crippen LogP contribution in [0, 0.1) is 0 Å². The van der Waals surface area contributed by atoms with Crippen molar-refractivity contribution < 1.29 is 23.7 Å². The Balaban J connectivity index is 1.39. The Bertz CT molecular complexity index is 1380. The lowest BCUT2D eigenvalue weighted by molar-refractivity contribution is -0.113. The number of methoxy groups -OCH3 is 1. The third-order valence-corrected chi connectivity index (χ3v) is 7.55. The number of hydrogen-bond acceptors (Lipinski definition) is 7. The molecule has 178 valence electrons. The second-order valence-corrected chi connectivity index (χ2v) is 10.4. The first kappa shape index (κ1) is 24.0. The molecule has 2 aliphatic heterocycles. The summed E-state index contributed by atoms with van der Waals surface area (Å²) in [5, 5.41) is 0.628. The lowest BCUT2D eigenvalue weighted by atomic mass is 10.1. The molecule has 1 amide bonds. The minimum absolute atomic E-state index is 0.159. The molecule has 1 fully saturated rings. The van der Waals surface area contributed by atoms with Gasteiger partial charge in [0.2, 0.25) is 6.79 Å². The van der Waals surface area contributed by atoms with Crippen molar-refractivity contribution in [2.45, 2.75) is 6.61 Å². The van der Waals surface area contributed by atoms with Crippen LogP contribution in [0.25, 0.3) is 6.08 Å². The molecule has 2 heterocycles. The van der Waals surface area contributed by atoms with E-state index in [0.717, 1.165) is 11.1 Å². The zero-order valence-corrected chi connectivity index (χ0v) is 22.2. The second kappa shape index (κ2) is 10.1. The number of rotatable bonds is 6. The fourth-order valence-corrected chi connectivity index (χ4v) is 5.66. The van der Waals surface area contributed by atoms with E-state index in [4.69, 9.17) is 42.8 Å². The highest BCUT2D eigenvalue weighted by Gasteiger charge is 2.34. The largest absolute Gasteiger partial charge is 0.493 e. The molecule has 0 aromatic heterocycles. The molecule has 1 saturated heterocycles. The van der Waals surface area contributed by atoms with Crippen molar-refractivity contribution in [3.63, 3.8) is 0 Å². The predicted molar refractivity (Wildman–Crippen MR) is 145 cm³/mol. The average Bonchev–Trinajstić information content (AvgIpc) is 3.42. The van der Waals surface area contributed by atoms with Gasteiger partial charge in [-0.25, -0.2) is 0 Å². The normalized spacial score (nSPS) is 15.7. The summed E-state index contributed by atoms with van der Waals surface area (Å²) in [4.78, 5) is 15.2. The van der Waals surface area contributed by atoms with Gasteiger partial charge in [-0.1, -0.05) is 53.8 Å². The topological polar surface area (TPSA) is 57.2 Å². The number of nitrogens with zero attached hydrogens (tertiary/aromatic N) is 1. The van der Waals surface area contributed by atoms with E-state index in [1.165, 1.54) is 16.7 Å². The van der Waals surface area contributed by atoms with Crippen LogP contribution in [0.4, 0.5) is 5.69 Å². The molecule has 0 N–H and O–H groups in total. The van der Waals surface area contributed by atoms with Crippen LogP contribution >= 0.6 is 51.5 Å². The third-order valence-electron chi connectivity index (χ3n) is 5.29. The molecular formula is C25H17BrClNO5S2. The summed E-state index contributed by atoms with van der Waals surface area (Å²) in [5.41, 5.74) is 2.24. The monoisotopic (exact) mass is 589 g/mol. The van der Waals surface area contributed by atoms with Crippen molar-refractivity contribution in [2.24, 2.45) is 0 Å². The van der Waals surface area contributed by atoms with Crippen LogP contribution in [-0.4, -0.2) is 24.1 Å². The highest BCUT2D eigenvalue weighted by atomic mass is 79.9. The second-order valence-electron chi connectivity index (χ2n) is 7.47. The van der Waals surface area contributed by atoms with Crippen LogP contribution in [0.3, 0.4) is 0 Å². The van der Waals surface area contributed by atoms with Crippen molar-refractivity contribution in [1.29, 1.82) is 0 Å². The lowest BCUT2D eigenvalue weighted by Gasteiger charge is -2.15. The van der Waals surface area contributed by atoms with Gasteiger partial charge in [-0.15, -0.1) is 0 Å². The molecule has 5 rings (SSSR count). The van der Waals surface area contributed by atoms with Crippen molar-refractivity contribution in [1.82, 2.24) is 0 Å². The van der Waals surface area contributed by atoms with Crippen molar-refractivity contribution in [3.05, 3.63) is 80.1 Å². The fourth-order valence-electron chi connectivity index (χ4n) is 3.59. The summed E-state index contributed by atoms with van der Waals surface area (Å²) in [6.45, 7) is 0.439. The molecule has 0 bridgehead atoms. The Hall–Kier alpha value is -2.72. The van der Waals surface area contributed by atoms with Gasteiger partial charge in [-0.3, -0.25) is 9.69 Å². The van der Waals surface area contributed by atoms with Gasteiger partial charge in [-0.2, -0.15) is 0 Å². The van der Waals surface area contributed by atoms with Gasteiger partial charge in [0.15, 0.2) is 27.3 Å². The minimum atomic E-state index is -0.215. The molecule has 35 heavy (non-hydrogen) atoms. The van der Waals surface area contributed by atoms with Crippen molar-refractivity contribution >= 4 is 73.5 Å². The highest BCUT2D eigenvalue weighted by Crippen LogP contribution is 2.42. The number of halogens is 2. The number of amides is 1. The van der Waals surface area contributed by atoms with E-state index in [-0.39, 0.29) is 19.3 Å². The number of ether oxygens (including phenoxy) is 4. The molecule has 0 saturated carbocycles. The van der Waals surface area contributed by atoms with Crippen LogP contribution in [-0.2, 0) is 11.4 Å². The number of benzene rings is 3. The Morgan fingerprint density at radius 3 is 2.77 bits per heavy atom. The van der Waals surface area contributed by atoms with E-state index in [2.05, 4.69) is 15.9 Å². The Kier molecular flexibility index (Phi) is 6.93. The number of fused-ring (bicyclic) bond motifs is 1. The van der Waals surface area contributed by atoms with Gasteiger partial charge in [0.25, 0.3) is 5.91 Å². The smallest absolute Gasteiger partial charge is 0.270 e. The number of thiocarbonyl (C=S) groups is 1. The Labute approximate surface area is 224 Å². The Morgan fingerprint density at radius 1 is 1.17 bits per heavy atom. The molecule has 0 radical (unpaired) electrons. The first-order valence-corrected chi connectivity index (χ1v) is 12.8. The van der Waals surface area contributed by atoms with Crippen LogP contribution in [0.1, 0.15) is 11.1 Å². The molecule has 10 heteroatoms. The van der Waals surface area contributed by atoms with Crippen LogP contribution < -0.4 is 23.8 Å². The van der Waals surface area contributed by atoms with Crippen LogP contribution in [0.15, 0.2) is 64.0 Å². The van der Waals surface area contributed by atoms with Gasteiger partial charge >= 0.3 is 0 Å². The minimum Gasteiger partial charge on any atom is -0.493 e. The van der Waals surface area contributed by atoms with Crippen LogP contribution in [0.2, 0.25) is 5.02 Å². The van der Waals surface area contributed by atoms with E-state index in [1.807, 2.05) is 30.3 Å². The zero-order valence-electron chi connectivity index (χ0n) is 18.2. The standard InChI is InChI=1S/C25H17BrClNO5S2/c1-30-21-9-14(8-17(26)23(21)31-12-15-4-2-3-5-18(15)27)10-22-24(29)28(25(34)35-22)16-6-7-19-20(11-16)33-13-32-19/h2-11H,12-13H2,1H3/b22-10+. The molecule has 3 aromatic carbocycles. The molecule has 0 unspecified atom stereocenters. The maximum absolute atomic E-state index is 13.2. The van der Waals surface area contributed by atoms with Crippen LogP contribution in [0.5, 0.6) is 23.0 Å². The molecular weight excluding hydrogens is 574 g/mol.